The Kier molecular flexibility index (Phi) is 27.2. The fourth-order valence-corrected chi connectivity index (χ4v) is 12.0. The van der Waals surface area contributed by atoms with Gasteiger partial charge in [-0.05, 0) is 167 Å². The number of hydrogen-bond acceptors (Lipinski definition) is 18. The van der Waals surface area contributed by atoms with Crippen LogP contribution in [-0.2, 0) is 85.8 Å². The van der Waals surface area contributed by atoms with E-state index in [1.807, 2.05) is 0 Å². The second-order valence-electron chi connectivity index (χ2n) is 27.1. The Morgan fingerprint density at radius 1 is 0.380 bits per heavy atom. The number of rotatable bonds is 30. The lowest BCUT2D eigenvalue weighted by atomic mass is 9.49. The van der Waals surface area contributed by atoms with E-state index in [1.54, 1.807) is 62.3 Å². The fraction of sp³-hybridized carbons (Fsp3) is 0.855. The highest BCUT2D eigenvalue weighted by molar-refractivity contribution is 5.83. The molecule has 528 valence electrons. The number of esters is 9. The molecule has 0 aliphatic heterocycles. The largest absolute Gasteiger partial charge is 0.462 e. The number of hydrogen-bond donors (Lipinski definition) is 0. The van der Waals surface area contributed by atoms with E-state index in [1.165, 1.54) is 0 Å². The van der Waals surface area contributed by atoms with E-state index in [0.717, 1.165) is 44.9 Å². The fourth-order valence-electron chi connectivity index (χ4n) is 12.0. The highest BCUT2D eigenvalue weighted by Crippen LogP contribution is 2.61. The zero-order valence-corrected chi connectivity index (χ0v) is 53.5. The molecule has 6 bridgehead atoms. The number of halogens is 12. The summed E-state index contributed by atoms with van der Waals surface area (Å²) in [6.45, 7) is 11.4. The van der Waals surface area contributed by atoms with Crippen LogP contribution in [0, 0.1) is 57.2 Å². The van der Waals surface area contributed by atoms with Crippen LogP contribution < -0.4 is 0 Å². The molecule has 7 rings (SSSR count). The first-order valence-electron chi connectivity index (χ1n) is 31.2. The smallest absolute Gasteiger partial charge is 0.406 e. The van der Waals surface area contributed by atoms with Crippen LogP contribution >= 0.6 is 0 Å². The van der Waals surface area contributed by atoms with E-state index >= 15 is 0 Å². The average Bonchev–Trinajstić information content (AvgIpc) is 0.897. The van der Waals surface area contributed by atoms with Crippen LogP contribution in [0.15, 0.2) is 0 Å². The number of carbonyl (C=O) groups is 9. The van der Waals surface area contributed by atoms with Crippen LogP contribution in [0.1, 0.15) is 197 Å². The van der Waals surface area contributed by atoms with Crippen molar-refractivity contribution in [2.45, 2.75) is 239 Å². The second-order valence-corrected chi connectivity index (χ2v) is 27.1. The molecule has 0 aromatic carbocycles. The van der Waals surface area contributed by atoms with Gasteiger partial charge in [-0.25, -0.2) is 19.2 Å². The molecule has 3 unspecified atom stereocenters. The monoisotopic (exact) mass is 1350 g/mol. The predicted molar refractivity (Wildman–Crippen MR) is 296 cm³/mol. The molecule has 7 aliphatic carbocycles. The lowest BCUT2D eigenvalue weighted by Gasteiger charge is -2.55. The molecule has 0 heterocycles. The topological polar surface area (TPSA) is 237 Å². The molecule has 18 nitrogen and oxygen atoms in total. The van der Waals surface area contributed by atoms with E-state index in [2.05, 4.69) is 23.7 Å². The summed E-state index contributed by atoms with van der Waals surface area (Å²) in [7, 11) is 0. The lowest BCUT2D eigenvalue weighted by molar-refractivity contribution is -0.271. The first-order chi connectivity index (χ1) is 42.3. The minimum Gasteiger partial charge on any atom is -0.462 e. The average molecular weight is 1350 g/mol. The first-order valence-corrected chi connectivity index (χ1v) is 31.2. The SMILES string of the molecule is CCC(C)(C)C(=O)OCCOC(=O)C(F)(F)CC(F)(F)C(=O)OC1CC2CCC1C2.CCC(C)(C)C(=O)OCCOC(=O)C(F)(F)CC(F)(F)OC(=O)C12CC3CC(CC(C3)C1)C2.CCC(C)(C)C(=O)OCCOC(=O)C(F)(F)CC(F)(F)OC(=O)C1CCCCC1. The van der Waals surface area contributed by atoms with E-state index < -0.39 is 182 Å². The summed E-state index contributed by atoms with van der Waals surface area (Å²) in [5, 5.41) is 0. The van der Waals surface area contributed by atoms with Crippen molar-refractivity contribution in [1.82, 2.24) is 0 Å². The molecule has 0 saturated heterocycles. The summed E-state index contributed by atoms with van der Waals surface area (Å²) in [5.74, 6) is -30.8. The summed E-state index contributed by atoms with van der Waals surface area (Å²) in [6.07, 6.45) is -5.16. The van der Waals surface area contributed by atoms with Gasteiger partial charge in [-0.1, -0.05) is 40.0 Å². The van der Waals surface area contributed by atoms with Gasteiger partial charge < -0.3 is 42.6 Å². The van der Waals surface area contributed by atoms with Gasteiger partial charge in [0, 0.05) is 0 Å². The summed E-state index contributed by atoms with van der Waals surface area (Å²) in [5.41, 5.74) is -3.42. The third kappa shape index (κ3) is 22.8. The number of ether oxygens (including phenoxy) is 9. The van der Waals surface area contributed by atoms with Crippen molar-refractivity contribution in [2.24, 2.45) is 57.2 Å². The third-order valence-electron chi connectivity index (χ3n) is 18.3. The molecular weight excluding hydrogens is 1260 g/mol. The summed E-state index contributed by atoms with van der Waals surface area (Å²) >= 11 is 0. The van der Waals surface area contributed by atoms with Crippen LogP contribution in [-0.4, -0.2) is 135 Å². The molecule has 3 atom stereocenters. The lowest BCUT2D eigenvalue weighted by Crippen LogP contribution is -2.52. The van der Waals surface area contributed by atoms with Crippen LogP contribution in [0.4, 0.5) is 52.7 Å². The third-order valence-corrected chi connectivity index (χ3v) is 18.3. The van der Waals surface area contributed by atoms with Gasteiger partial charge in [0.1, 0.15) is 58.6 Å². The van der Waals surface area contributed by atoms with Crippen molar-refractivity contribution >= 4 is 53.7 Å². The maximum absolute atomic E-state index is 14.3. The zero-order valence-electron chi connectivity index (χ0n) is 53.5. The van der Waals surface area contributed by atoms with Crippen LogP contribution in [0.3, 0.4) is 0 Å². The molecule has 0 spiro atoms. The molecule has 0 amide bonds. The van der Waals surface area contributed by atoms with Crippen molar-refractivity contribution in [1.29, 1.82) is 0 Å². The Labute approximate surface area is 526 Å². The molecule has 92 heavy (non-hydrogen) atoms. The Morgan fingerprint density at radius 2 is 0.717 bits per heavy atom. The minimum absolute atomic E-state index is 0.0133. The van der Waals surface area contributed by atoms with Crippen LogP contribution in [0.25, 0.3) is 0 Å². The molecule has 7 aliphatic rings. The van der Waals surface area contributed by atoms with E-state index in [0.29, 0.717) is 76.5 Å². The first kappa shape index (κ1) is 78.8. The van der Waals surface area contributed by atoms with Crippen molar-refractivity contribution in [3.05, 3.63) is 0 Å². The minimum atomic E-state index is -4.61. The van der Waals surface area contributed by atoms with Gasteiger partial charge in [-0.15, -0.1) is 0 Å². The van der Waals surface area contributed by atoms with Crippen molar-refractivity contribution in [2.75, 3.05) is 39.6 Å². The van der Waals surface area contributed by atoms with Gasteiger partial charge in [0.25, 0.3) is 0 Å². The van der Waals surface area contributed by atoms with Gasteiger partial charge in [-0.2, -0.15) is 52.7 Å². The maximum Gasteiger partial charge on any atom is 0.406 e. The van der Waals surface area contributed by atoms with Gasteiger partial charge in [0.15, 0.2) is 0 Å². The molecule has 0 aromatic heterocycles. The number of alkyl halides is 12. The molecule has 30 heteroatoms. The van der Waals surface area contributed by atoms with E-state index in [-0.39, 0.29) is 23.7 Å². The molecular formula is C62H88F12O18. The standard InChI is InChI=1S/C23H32F4O6.C20H28F4O6.C19H28F4O6/c1-4-20(2,3)17(28)31-5-6-32-19(30)22(24,25)13-23(26,27)33-18(29)21-10-14-7-15(11-21)9-16(8-14)12-21;1-4-18(2,3)15(25)28-7-8-29-16(26)19(21,22)11-20(23,24)17(27)30-14-10-12-5-6-13(14)9-12;1-4-17(2,3)15(25)27-10-11-28-16(26)18(20,21)12-19(22,23)29-14(24)13-8-6-5-7-9-13/h14-16H,4-13H2,1-3H3;12-14H,4-11H2,1-3H3;13H,4-12H2,1-3H3. The highest BCUT2D eigenvalue weighted by Gasteiger charge is 2.60. The highest BCUT2D eigenvalue weighted by atomic mass is 19.3. The van der Waals surface area contributed by atoms with Gasteiger partial charge in [-0.3, -0.25) is 24.0 Å². The second kappa shape index (κ2) is 31.8. The van der Waals surface area contributed by atoms with Crippen LogP contribution in [0.2, 0.25) is 0 Å². The van der Waals surface area contributed by atoms with E-state index in [4.69, 9.17) is 18.9 Å². The predicted octanol–water partition coefficient (Wildman–Crippen LogP) is 13.0. The van der Waals surface area contributed by atoms with Gasteiger partial charge in [0.05, 0.1) is 34.0 Å². The molecule has 7 fully saturated rings. The zero-order chi connectivity index (χ0) is 69.7. The Balaban J connectivity index is 0.000000295. The Morgan fingerprint density at radius 3 is 1.05 bits per heavy atom. The van der Waals surface area contributed by atoms with Crippen molar-refractivity contribution in [3.63, 3.8) is 0 Å². The Bertz CT molecular complexity index is 2530. The number of carbonyl (C=O) groups excluding carboxylic acids is 9. The van der Waals surface area contributed by atoms with Crippen LogP contribution in [0.5, 0.6) is 0 Å². The van der Waals surface area contributed by atoms with Crippen molar-refractivity contribution in [3.8, 4) is 0 Å². The maximum atomic E-state index is 14.3. The summed E-state index contributed by atoms with van der Waals surface area (Å²) in [4.78, 5) is 106. The molecule has 0 N–H and O–H groups in total. The summed E-state index contributed by atoms with van der Waals surface area (Å²) < 4.78 is 208. The molecule has 7 saturated carbocycles. The van der Waals surface area contributed by atoms with E-state index in [9.17, 15) is 95.8 Å². The normalized spacial score (nSPS) is 23.3. The van der Waals surface area contributed by atoms with Gasteiger partial charge in [0.2, 0.25) is 0 Å². The Hall–Kier alpha value is -5.61. The van der Waals surface area contributed by atoms with Crippen molar-refractivity contribution < 1.29 is 138 Å². The van der Waals surface area contributed by atoms with Gasteiger partial charge >= 0.3 is 89.6 Å². The number of fused-ring (bicyclic) bond motifs is 2. The summed E-state index contributed by atoms with van der Waals surface area (Å²) in [6, 6.07) is 0. The quantitative estimate of drug-likeness (QED) is 0.0281. The molecule has 0 aromatic rings. The molecule has 0 radical (unpaired) electrons.